The molecule has 0 saturated carbocycles. The predicted octanol–water partition coefficient (Wildman–Crippen LogP) is 0.349. The van der Waals surface area contributed by atoms with Crippen molar-refractivity contribution >= 4 is 64.3 Å². The molecule has 4 heterocycles. The van der Waals surface area contributed by atoms with E-state index in [1.807, 2.05) is 5.40 Å². The Morgan fingerprint density at radius 3 is 1.56 bits per heavy atom. The monoisotopic (exact) mass is 1070 g/mol. The highest BCUT2D eigenvalue weighted by Crippen LogP contribution is 2.19. The number of nitriles is 1. The summed E-state index contributed by atoms with van der Waals surface area (Å²) in [4.78, 5) is 120. The molecule has 0 aliphatic rings. The van der Waals surface area contributed by atoms with Crippen LogP contribution in [0.25, 0.3) is 0 Å². The van der Waals surface area contributed by atoms with Gasteiger partial charge in [0.1, 0.15) is 34.2 Å². The molecule has 1 atom stereocenters. The second-order valence-corrected chi connectivity index (χ2v) is 17.2. The van der Waals surface area contributed by atoms with Crippen LogP contribution in [0.1, 0.15) is 67.6 Å². The SMILES string of the molecule is N#CSc1ccc(NC(=S)NCCOCCNC(=O)C(CCCN(CCCNC(=O)c2cccc(=O)n2O)C(=O)c2cccc(=O)n2O)N(CCCNC(=O)c2cccc(=O)n2O)C(=O)c2cccc(=O)n2O)cc1. The van der Waals surface area contributed by atoms with E-state index in [1.165, 1.54) is 47.4 Å². The summed E-state index contributed by atoms with van der Waals surface area (Å²) in [6, 6.07) is 19.4. The number of amides is 5. The third-order valence-electron chi connectivity index (χ3n) is 10.9. The highest BCUT2D eigenvalue weighted by atomic mass is 32.2. The van der Waals surface area contributed by atoms with Crippen LogP contribution < -0.4 is 48.8 Å². The van der Waals surface area contributed by atoms with E-state index in [1.54, 1.807) is 24.3 Å². The first-order chi connectivity index (χ1) is 36.0. The summed E-state index contributed by atoms with van der Waals surface area (Å²) in [5.74, 6) is -4.25. The number of hydrogen-bond donors (Lipinski definition) is 9. The minimum Gasteiger partial charge on any atom is -0.425 e. The average molecular weight is 1070 g/mol. The molecule has 26 nitrogen and oxygen atoms in total. The van der Waals surface area contributed by atoms with Crippen molar-refractivity contribution in [2.45, 2.75) is 36.6 Å². The van der Waals surface area contributed by atoms with Crippen LogP contribution in [0, 0.1) is 10.7 Å². The number of thioether (sulfide) groups is 1. The average Bonchev–Trinajstić information content (AvgIpc) is 3.39. The van der Waals surface area contributed by atoms with Crippen molar-refractivity contribution < 1.29 is 49.5 Å². The maximum Gasteiger partial charge on any atom is 0.283 e. The Hall–Kier alpha value is -8.94. The van der Waals surface area contributed by atoms with Crippen LogP contribution in [0.2, 0.25) is 0 Å². The minimum absolute atomic E-state index is 0.0258. The third-order valence-corrected chi connectivity index (χ3v) is 11.7. The molecule has 1 unspecified atom stereocenters. The van der Waals surface area contributed by atoms with Gasteiger partial charge in [0.15, 0.2) is 5.11 Å². The topological polar surface area (TPSA) is 354 Å². The fourth-order valence-corrected chi connectivity index (χ4v) is 7.76. The summed E-state index contributed by atoms with van der Waals surface area (Å²) in [5.41, 5.74) is -4.63. The summed E-state index contributed by atoms with van der Waals surface area (Å²) in [5, 5.41) is 66.2. The van der Waals surface area contributed by atoms with Crippen LogP contribution in [-0.2, 0) is 9.53 Å². The van der Waals surface area contributed by atoms with Crippen LogP contribution in [0.3, 0.4) is 0 Å². The van der Waals surface area contributed by atoms with E-state index in [9.17, 15) is 64.0 Å². The van der Waals surface area contributed by atoms with Gasteiger partial charge < -0.3 is 61.9 Å². The van der Waals surface area contributed by atoms with Gasteiger partial charge in [0, 0.05) is 80.7 Å². The highest BCUT2D eigenvalue weighted by Gasteiger charge is 2.32. The van der Waals surface area contributed by atoms with Gasteiger partial charge >= 0.3 is 0 Å². The molecular weight excluding hydrogens is 1020 g/mol. The number of nitrogens with one attached hydrogen (secondary N) is 5. The van der Waals surface area contributed by atoms with Crippen LogP contribution in [0.4, 0.5) is 5.69 Å². The van der Waals surface area contributed by atoms with E-state index in [-0.39, 0.29) is 115 Å². The van der Waals surface area contributed by atoms with E-state index in [0.717, 1.165) is 51.9 Å². The number of thiocarbonyl (C=S) groups is 1. The van der Waals surface area contributed by atoms with Crippen LogP contribution in [0.5, 0.6) is 0 Å². The Balaban J connectivity index is 1.33. The quantitative estimate of drug-likeness (QED) is 0.0119. The van der Waals surface area contributed by atoms with E-state index in [2.05, 4.69) is 26.6 Å². The molecule has 9 N–H and O–H groups in total. The summed E-state index contributed by atoms with van der Waals surface area (Å²) < 4.78 is 6.25. The van der Waals surface area contributed by atoms with E-state index < -0.39 is 69.2 Å². The van der Waals surface area contributed by atoms with Crippen molar-refractivity contribution in [1.82, 2.24) is 50.0 Å². The lowest BCUT2D eigenvalue weighted by Gasteiger charge is -2.32. The van der Waals surface area contributed by atoms with E-state index in [4.69, 9.17) is 22.2 Å². The van der Waals surface area contributed by atoms with Gasteiger partial charge in [0.25, 0.3) is 45.9 Å². The normalized spacial score (nSPS) is 11.1. The lowest BCUT2D eigenvalue weighted by atomic mass is 10.1. The minimum atomic E-state index is -1.43. The zero-order chi connectivity index (χ0) is 54.4. The fourth-order valence-electron chi connectivity index (χ4n) is 7.16. The number of anilines is 1. The summed E-state index contributed by atoms with van der Waals surface area (Å²) in [6.07, 6.45) is -0.304. The smallest absolute Gasteiger partial charge is 0.283 e. The Kier molecular flexibility index (Phi) is 21.5. The Morgan fingerprint density at radius 1 is 0.587 bits per heavy atom. The lowest BCUT2D eigenvalue weighted by Crippen LogP contribution is -2.52. The van der Waals surface area contributed by atoms with E-state index >= 15 is 0 Å². The Labute approximate surface area is 435 Å². The molecule has 0 fully saturated rings. The number of ether oxygens (including phenoxy) is 1. The summed E-state index contributed by atoms with van der Waals surface area (Å²) in [6.45, 7) is -0.639. The van der Waals surface area contributed by atoms with Crippen molar-refractivity contribution in [3.8, 4) is 5.40 Å². The molecule has 0 radical (unpaired) electrons. The molecule has 0 aliphatic heterocycles. The van der Waals surface area contributed by atoms with Gasteiger partial charge in [-0.05, 0) is 98.2 Å². The number of pyridine rings is 4. The molecule has 4 aromatic heterocycles. The molecule has 0 saturated heterocycles. The number of nitrogens with zero attached hydrogens (tertiary/aromatic N) is 7. The number of carbonyl (C=O) groups is 5. The molecule has 28 heteroatoms. The molecule has 0 aliphatic carbocycles. The van der Waals surface area contributed by atoms with Gasteiger partial charge in [-0.2, -0.15) is 5.26 Å². The Bertz CT molecular complexity index is 3140. The molecule has 75 heavy (non-hydrogen) atoms. The standard InChI is InChI=1S/C47H52N12O14S2/c48-30-75-32-19-17-31(18-20-32)53-47(74)52-24-29-73-28-23-51-42(64)33(55(46(68)37-11-4-16-41(63)59(37)72)27-7-22-50-44(66)35-9-2-14-39(61)57(35)70)12-5-25-54(45(67)36-10-3-15-40(62)58(36)71)26-6-21-49-43(65)34-8-1-13-38(60)56(34)69/h1-4,8-11,13-20,33,69-72H,5-7,12,21-29H2,(H,49,65)(H,50,66)(H,51,64)(H2,52,53,74). The van der Waals surface area contributed by atoms with Gasteiger partial charge in [-0.25, -0.2) is 0 Å². The van der Waals surface area contributed by atoms with Crippen molar-refractivity contribution in [2.75, 3.05) is 64.3 Å². The number of carbonyl (C=O) groups excluding carboxylic acids is 5. The third kappa shape index (κ3) is 16.3. The number of benzene rings is 1. The Morgan fingerprint density at radius 2 is 1.04 bits per heavy atom. The van der Waals surface area contributed by atoms with Gasteiger partial charge in [0.2, 0.25) is 5.91 Å². The first-order valence-electron chi connectivity index (χ1n) is 22.9. The lowest BCUT2D eigenvalue weighted by molar-refractivity contribution is -0.126. The number of aromatic nitrogens is 4. The molecule has 0 spiro atoms. The highest BCUT2D eigenvalue weighted by molar-refractivity contribution is 8.03. The number of hydrogen-bond acceptors (Lipinski definition) is 17. The van der Waals surface area contributed by atoms with Gasteiger partial charge in [-0.15, -0.1) is 18.9 Å². The van der Waals surface area contributed by atoms with Crippen molar-refractivity contribution in [2.24, 2.45) is 0 Å². The van der Waals surface area contributed by atoms with Crippen LogP contribution in [-0.4, -0.2) is 149 Å². The van der Waals surface area contributed by atoms with Crippen molar-refractivity contribution in [3.63, 3.8) is 0 Å². The van der Waals surface area contributed by atoms with Crippen LogP contribution >= 0.6 is 24.0 Å². The second kappa shape index (κ2) is 28.3. The van der Waals surface area contributed by atoms with Gasteiger partial charge in [-0.1, -0.05) is 24.3 Å². The number of thiocyanates is 1. The first kappa shape index (κ1) is 57.0. The predicted molar refractivity (Wildman–Crippen MR) is 271 cm³/mol. The van der Waals surface area contributed by atoms with Crippen LogP contribution in [0.15, 0.2) is 121 Å². The first-order valence-corrected chi connectivity index (χ1v) is 24.1. The summed E-state index contributed by atoms with van der Waals surface area (Å²) in [7, 11) is 0. The second-order valence-electron chi connectivity index (χ2n) is 15.9. The molecule has 1 aromatic carbocycles. The van der Waals surface area contributed by atoms with Crippen molar-refractivity contribution in [3.05, 3.63) is 161 Å². The molecular formula is C47H52N12O14S2. The largest absolute Gasteiger partial charge is 0.425 e. The maximum absolute atomic E-state index is 14.4. The van der Waals surface area contributed by atoms with Gasteiger partial charge in [0.05, 0.1) is 13.2 Å². The van der Waals surface area contributed by atoms with E-state index in [0.29, 0.717) is 10.8 Å². The molecule has 5 rings (SSSR count). The number of rotatable bonds is 26. The molecule has 5 aromatic rings. The summed E-state index contributed by atoms with van der Waals surface area (Å²) >= 11 is 6.36. The fraction of sp³-hybridized carbons (Fsp3) is 0.298. The molecule has 0 bridgehead atoms. The molecule has 5 amide bonds. The maximum atomic E-state index is 14.4. The zero-order valence-corrected chi connectivity index (χ0v) is 41.5. The van der Waals surface area contributed by atoms with Crippen molar-refractivity contribution in [1.29, 1.82) is 5.26 Å². The molecule has 396 valence electrons. The zero-order valence-electron chi connectivity index (χ0n) is 39.8. The van der Waals surface area contributed by atoms with Gasteiger partial charge in [-0.3, -0.25) is 43.2 Å².